The standard InChI is InChI=1S/C19H20N4O2/c1-2-14(13-8-4-3-5-9-13)18(25)20-12-17(24)23-19-21-15-10-6-7-11-16(15)22-19/h3-11,14H,2,12H2,1H3,(H,20,25)(H2,21,22,23,24). The molecule has 0 aliphatic carbocycles. The number of carbonyl (C=O) groups excluding carboxylic acids is 2. The second kappa shape index (κ2) is 7.61. The number of hydrogen-bond acceptors (Lipinski definition) is 3. The second-order valence-electron chi connectivity index (χ2n) is 5.74. The lowest BCUT2D eigenvalue weighted by atomic mass is 9.96. The number of imidazole rings is 1. The van der Waals surface area contributed by atoms with Gasteiger partial charge in [0.1, 0.15) is 0 Å². The topological polar surface area (TPSA) is 86.9 Å². The Morgan fingerprint density at radius 1 is 1.08 bits per heavy atom. The molecule has 1 atom stereocenters. The van der Waals surface area contributed by atoms with Gasteiger partial charge in [-0.1, -0.05) is 49.4 Å². The molecule has 3 N–H and O–H groups in total. The summed E-state index contributed by atoms with van der Waals surface area (Å²) < 4.78 is 0. The van der Waals surface area contributed by atoms with Crippen LogP contribution in [0.2, 0.25) is 0 Å². The molecule has 0 spiro atoms. The predicted molar refractivity (Wildman–Crippen MR) is 97.2 cm³/mol. The number of fused-ring (bicyclic) bond motifs is 1. The third-order valence-corrected chi connectivity index (χ3v) is 4.00. The normalized spacial score (nSPS) is 11.9. The maximum Gasteiger partial charge on any atom is 0.246 e. The van der Waals surface area contributed by atoms with Crippen molar-refractivity contribution in [1.82, 2.24) is 15.3 Å². The van der Waals surface area contributed by atoms with Gasteiger partial charge in [0.05, 0.1) is 23.5 Å². The fraction of sp³-hybridized carbons (Fsp3) is 0.211. The van der Waals surface area contributed by atoms with E-state index in [0.717, 1.165) is 16.6 Å². The molecule has 6 nitrogen and oxygen atoms in total. The minimum absolute atomic E-state index is 0.0980. The highest BCUT2D eigenvalue weighted by atomic mass is 16.2. The van der Waals surface area contributed by atoms with E-state index in [0.29, 0.717) is 12.4 Å². The van der Waals surface area contributed by atoms with Crippen molar-refractivity contribution in [2.24, 2.45) is 0 Å². The predicted octanol–water partition coefficient (Wildman–Crippen LogP) is 2.81. The molecule has 2 amide bonds. The first-order valence-corrected chi connectivity index (χ1v) is 8.24. The summed E-state index contributed by atoms with van der Waals surface area (Å²) in [5.41, 5.74) is 2.56. The van der Waals surface area contributed by atoms with Crippen molar-refractivity contribution in [2.45, 2.75) is 19.3 Å². The Morgan fingerprint density at radius 2 is 1.80 bits per heavy atom. The Labute approximate surface area is 145 Å². The van der Waals surface area contributed by atoms with Gasteiger partial charge in [-0.25, -0.2) is 4.98 Å². The van der Waals surface area contributed by atoms with Gasteiger partial charge in [0.25, 0.3) is 0 Å². The summed E-state index contributed by atoms with van der Waals surface area (Å²) in [5.74, 6) is -0.375. The summed E-state index contributed by atoms with van der Waals surface area (Å²) in [6.07, 6.45) is 0.668. The number of anilines is 1. The van der Waals surface area contributed by atoms with Crippen molar-refractivity contribution >= 4 is 28.8 Å². The van der Waals surface area contributed by atoms with Crippen LogP contribution in [0.1, 0.15) is 24.8 Å². The molecule has 0 radical (unpaired) electrons. The van der Waals surface area contributed by atoms with E-state index < -0.39 is 0 Å². The van der Waals surface area contributed by atoms with Gasteiger partial charge in [0.15, 0.2) is 0 Å². The van der Waals surface area contributed by atoms with Crippen molar-refractivity contribution in [2.75, 3.05) is 11.9 Å². The van der Waals surface area contributed by atoms with Crippen LogP contribution in [0.4, 0.5) is 5.95 Å². The van der Waals surface area contributed by atoms with Crippen molar-refractivity contribution in [1.29, 1.82) is 0 Å². The Hall–Kier alpha value is -3.15. The molecule has 0 saturated heterocycles. The average Bonchev–Trinajstić information content (AvgIpc) is 3.03. The van der Waals surface area contributed by atoms with Gasteiger partial charge in [-0.15, -0.1) is 0 Å². The number of rotatable bonds is 6. The van der Waals surface area contributed by atoms with Crippen molar-refractivity contribution in [3.8, 4) is 0 Å². The lowest BCUT2D eigenvalue weighted by Crippen LogP contribution is -2.36. The summed E-state index contributed by atoms with van der Waals surface area (Å²) in [7, 11) is 0. The van der Waals surface area contributed by atoms with Crippen LogP contribution in [0.15, 0.2) is 54.6 Å². The number of aromatic nitrogens is 2. The third-order valence-electron chi connectivity index (χ3n) is 4.00. The molecule has 0 bridgehead atoms. The van der Waals surface area contributed by atoms with Crippen LogP contribution >= 0.6 is 0 Å². The van der Waals surface area contributed by atoms with E-state index in [1.54, 1.807) is 0 Å². The van der Waals surface area contributed by atoms with E-state index in [4.69, 9.17) is 0 Å². The number of aromatic amines is 1. The molecule has 3 aromatic rings. The molecule has 1 heterocycles. The highest BCUT2D eigenvalue weighted by Gasteiger charge is 2.19. The average molecular weight is 336 g/mol. The van der Waals surface area contributed by atoms with Crippen molar-refractivity contribution < 1.29 is 9.59 Å². The molecular formula is C19H20N4O2. The van der Waals surface area contributed by atoms with E-state index in [9.17, 15) is 9.59 Å². The quantitative estimate of drug-likeness (QED) is 0.647. The zero-order chi connectivity index (χ0) is 17.6. The largest absolute Gasteiger partial charge is 0.346 e. The van der Waals surface area contributed by atoms with Gasteiger partial charge in [0.2, 0.25) is 17.8 Å². The van der Waals surface area contributed by atoms with Crippen LogP contribution in [0.25, 0.3) is 11.0 Å². The Bertz CT molecular complexity index is 840. The first-order chi connectivity index (χ1) is 12.2. The minimum atomic E-state index is -0.324. The summed E-state index contributed by atoms with van der Waals surface area (Å²) in [5, 5.41) is 5.36. The minimum Gasteiger partial charge on any atom is -0.346 e. The number of amides is 2. The molecule has 6 heteroatoms. The van der Waals surface area contributed by atoms with Crippen LogP contribution in [-0.4, -0.2) is 28.3 Å². The third kappa shape index (κ3) is 4.03. The summed E-state index contributed by atoms with van der Waals surface area (Å²) in [4.78, 5) is 31.7. The molecule has 0 fully saturated rings. The van der Waals surface area contributed by atoms with Crippen molar-refractivity contribution in [3.05, 3.63) is 60.2 Å². The fourth-order valence-electron chi connectivity index (χ4n) is 2.74. The van der Waals surface area contributed by atoms with Crippen LogP contribution in [0.3, 0.4) is 0 Å². The lowest BCUT2D eigenvalue weighted by molar-refractivity contribution is -0.125. The molecule has 0 aliphatic rings. The number of H-pyrrole nitrogens is 1. The van der Waals surface area contributed by atoms with Gasteiger partial charge in [-0.05, 0) is 24.1 Å². The smallest absolute Gasteiger partial charge is 0.246 e. The van der Waals surface area contributed by atoms with Gasteiger partial charge in [-0.3, -0.25) is 14.9 Å². The Kier molecular flexibility index (Phi) is 5.09. The Balaban J connectivity index is 1.57. The second-order valence-corrected chi connectivity index (χ2v) is 5.74. The van der Waals surface area contributed by atoms with Crippen LogP contribution in [0.5, 0.6) is 0 Å². The van der Waals surface area contributed by atoms with Gasteiger partial charge < -0.3 is 10.3 Å². The SMILES string of the molecule is CCC(C(=O)NCC(=O)Nc1nc2ccccc2[nH]1)c1ccccc1. The molecule has 0 aliphatic heterocycles. The van der Waals surface area contributed by atoms with Gasteiger partial charge in [-0.2, -0.15) is 0 Å². The molecule has 1 unspecified atom stereocenters. The summed E-state index contributed by atoms with van der Waals surface area (Å²) in [6, 6.07) is 17.1. The molecule has 0 saturated carbocycles. The number of carbonyl (C=O) groups is 2. The number of para-hydroxylation sites is 2. The number of nitrogens with one attached hydrogen (secondary N) is 3. The van der Waals surface area contributed by atoms with E-state index >= 15 is 0 Å². The molecule has 1 aromatic heterocycles. The van der Waals surface area contributed by atoms with E-state index in [-0.39, 0.29) is 24.3 Å². The number of benzene rings is 2. The van der Waals surface area contributed by atoms with Crippen LogP contribution < -0.4 is 10.6 Å². The molecule has 2 aromatic carbocycles. The first-order valence-electron chi connectivity index (χ1n) is 8.24. The first kappa shape index (κ1) is 16.7. The van der Waals surface area contributed by atoms with E-state index in [1.165, 1.54) is 0 Å². The highest BCUT2D eigenvalue weighted by Crippen LogP contribution is 2.19. The van der Waals surface area contributed by atoms with Gasteiger partial charge in [0, 0.05) is 0 Å². The van der Waals surface area contributed by atoms with Crippen LogP contribution in [-0.2, 0) is 9.59 Å². The molecule has 25 heavy (non-hydrogen) atoms. The monoisotopic (exact) mass is 336 g/mol. The summed E-state index contributed by atoms with van der Waals surface area (Å²) >= 11 is 0. The fourth-order valence-corrected chi connectivity index (χ4v) is 2.74. The molecular weight excluding hydrogens is 316 g/mol. The maximum absolute atomic E-state index is 12.4. The highest BCUT2D eigenvalue weighted by molar-refractivity contribution is 5.95. The Morgan fingerprint density at radius 3 is 2.52 bits per heavy atom. The molecule has 3 rings (SSSR count). The van der Waals surface area contributed by atoms with E-state index in [2.05, 4.69) is 20.6 Å². The van der Waals surface area contributed by atoms with E-state index in [1.807, 2.05) is 61.5 Å². The maximum atomic E-state index is 12.4. The molecule has 128 valence electrons. The number of nitrogens with zero attached hydrogens (tertiary/aromatic N) is 1. The summed E-state index contributed by atoms with van der Waals surface area (Å²) in [6.45, 7) is 1.85. The van der Waals surface area contributed by atoms with Gasteiger partial charge >= 0.3 is 0 Å². The number of hydrogen-bond donors (Lipinski definition) is 3. The lowest BCUT2D eigenvalue weighted by Gasteiger charge is -2.15. The zero-order valence-corrected chi connectivity index (χ0v) is 14.0. The zero-order valence-electron chi connectivity index (χ0n) is 14.0. The van der Waals surface area contributed by atoms with Crippen molar-refractivity contribution in [3.63, 3.8) is 0 Å². The van der Waals surface area contributed by atoms with Crippen LogP contribution in [0, 0.1) is 0 Å².